The number of hydrogen-bond donors (Lipinski definition) is 0. The van der Waals surface area contributed by atoms with Gasteiger partial charge in [-0.2, -0.15) is 0 Å². The molecular formula is C8H15NO2. The summed E-state index contributed by atoms with van der Waals surface area (Å²) in [5.74, 6) is -0.124. The largest absolute Gasteiger partial charge is 0.274 e. The van der Waals surface area contributed by atoms with E-state index >= 15 is 0 Å². The van der Waals surface area contributed by atoms with Crippen molar-refractivity contribution < 1.29 is 9.63 Å². The maximum atomic E-state index is 11.0. The average molecular weight is 157 g/mol. The lowest BCUT2D eigenvalue weighted by Crippen LogP contribution is -2.22. The minimum Gasteiger partial charge on any atom is -0.274 e. The molecule has 3 nitrogen and oxygen atoms in total. The summed E-state index contributed by atoms with van der Waals surface area (Å²) in [4.78, 5) is 15.6. The Kier molecular flexibility index (Phi) is 5.47. The fourth-order valence-corrected chi connectivity index (χ4v) is 0.546. The van der Waals surface area contributed by atoms with E-state index in [1.165, 1.54) is 18.2 Å². The van der Waals surface area contributed by atoms with Gasteiger partial charge >= 0.3 is 0 Å². The lowest BCUT2D eigenvalue weighted by Gasteiger charge is -2.09. The molecule has 0 saturated heterocycles. The second kappa shape index (κ2) is 5.92. The van der Waals surface area contributed by atoms with Gasteiger partial charge in [0, 0.05) is 13.1 Å². The third-order valence-electron chi connectivity index (χ3n) is 1.30. The normalized spacial score (nSPS) is 10.5. The molecule has 0 rings (SSSR count). The van der Waals surface area contributed by atoms with Gasteiger partial charge in [-0.05, 0) is 6.42 Å². The SMILES string of the molecule is CCC/C=C/C(=O)N(C)OC. The quantitative estimate of drug-likeness (QED) is 0.455. The minimum absolute atomic E-state index is 0.124. The molecule has 0 aliphatic heterocycles. The van der Waals surface area contributed by atoms with Crippen molar-refractivity contribution in [1.82, 2.24) is 5.06 Å². The van der Waals surface area contributed by atoms with Crippen molar-refractivity contribution in [2.45, 2.75) is 19.8 Å². The number of nitrogens with zero attached hydrogens (tertiary/aromatic N) is 1. The van der Waals surface area contributed by atoms with E-state index in [-0.39, 0.29) is 5.91 Å². The fraction of sp³-hybridized carbons (Fsp3) is 0.625. The zero-order valence-electron chi connectivity index (χ0n) is 7.33. The molecule has 0 N–H and O–H groups in total. The predicted molar refractivity (Wildman–Crippen MR) is 43.8 cm³/mol. The molecule has 0 heterocycles. The van der Waals surface area contributed by atoms with Gasteiger partial charge in [-0.15, -0.1) is 0 Å². The summed E-state index contributed by atoms with van der Waals surface area (Å²) < 4.78 is 0. The fourth-order valence-electron chi connectivity index (χ4n) is 0.546. The summed E-state index contributed by atoms with van der Waals surface area (Å²) in [6.45, 7) is 2.06. The molecule has 0 radical (unpaired) electrons. The molecule has 0 aromatic carbocycles. The third kappa shape index (κ3) is 4.56. The van der Waals surface area contributed by atoms with E-state index in [2.05, 4.69) is 11.8 Å². The molecular weight excluding hydrogens is 142 g/mol. The number of hydrogen-bond acceptors (Lipinski definition) is 2. The van der Waals surface area contributed by atoms with Crippen molar-refractivity contribution >= 4 is 5.91 Å². The van der Waals surface area contributed by atoms with E-state index in [0.717, 1.165) is 12.8 Å². The lowest BCUT2D eigenvalue weighted by molar-refractivity contribution is -0.162. The molecule has 0 aromatic heterocycles. The second-order valence-corrected chi connectivity index (χ2v) is 2.21. The van der Waals surface area contributed by atoms with Crippen LogP contribution in [0.2, 0.25) is 0 Å². The topological polar surface area (TPSA) is 29.5 Å². The van der Waals surface area contributed by atoms with Gasteiger partial charge in [0.15, 0.2) is 0 Å². The first-order valence-electron chi connectivity index (χ1n) is 3.70. The van der Waals surface area contributed by atoms with Crippen molar-refractivity contribution in [2.24, 2.45) is 0 Å². The molecule has 1 amide bonds. The maximum absolute atomic E-state index is 11.0. The molecule has 0 aliphatic rings. The summed E-state index contributed by atoms with van der Waals surface area (Å²) in [5.41, 5.74) is 0. The van der Waals surface area contributed by atoms with Gasteiger partial charge in [0.05, 0.1) is 7.11 Å². The van der Waals surface area contributed by atoms with Crippen LogP contribution < -0.4 is 0 Å². The van der Waals surface area contributed by atoms with E-state index in [1.807, 2.05) is 6.08 Å². The van der Waals surface area contributed by atoms with Crippen molar-refractivity contribution in [2.75, 3.05) is 14.2 Å². The first-order valence-corrected chi connectivity index (χ1v) is 3.70. The van der Waals surface area contributed by atoms with Crippen molar-refractivity contribution in [3.63, 3.8) is 0 Å². The Hall–Kier alpha value is -0.830. The number of amides is 1. The number of carbonyl (C=O) groups is 1. The van der Waals surface area contributed by atoms with E-state index in [4.69, 9.17) is 0 Å². The van der Waals surface area contributed by atoms with Gasteiger partial charge in [0.2, 0.25) is 0 Å². The Labute approximate surface area is 67.6 Å². The number of unbranched alkanes of at least 4 members (excludes halogenated alkanes) is 1. The molecule has 0 saturated carbocycles. The highest BCUT2D eigenvalue weighted by Crippen LogP contribution is 1.91. The summed E-state index contributed by atoms with van der Waals surface area (Å²) in [6.07, 6.45) is 5.36. The van der Waals surface area contributed by atoms with Crippen LogP contribution in [0, 0.1) is 0 Å². The number of rotatable bonds is 4. The van der Waals surface area contributed by atoms with E-state index in [0.29, 0.717) is 0 Å². The summed E-state index contributed by atoms with van der Waals surface area (Å²) in [5, 5.41) is 1.19. The van der Waals surface area contributed by atoms with Gasteiger partial charge < -0.3 is 0 Å². The number of hydroxylamine groups is 2. The monoisotopic (exact) mass is 157 g/mol. The second-order valence-electron chi connectivity index (χ2n) is 2.21. The van der Waals surface area contributed by atoms with Gasteiger partial charge in [-0.1, -0.05) is 19.4 Å². The highest BCUT2D eigenvalue weighted by molar-refractivity contribution is 5.86. The Balaban J connectivity index is 3.67. The molecule has 0 unspecified atom stereocenters. The van der Waals surface area contributed by atoms with Gasteiger partial charge in [0.1, 0.15) is 0 Å². The van der Waals surface area contributed by atoms with E-state index < -0.39 is 0 Å². The smallest absolute Gasteiger partial charge is 0.269 e. The molecule has 11 heavy (non-hydrogen) atoms. The zero-order chi connectivity index (χ0) is 8.69. The Morgan fingerprint density at radius 1 is 1.64 bits per heavy atom. The van der Waals surface area contributed by atoms with Crippen LogP contribution >= 0.6 is 0 Å². The zero-order valence-corrected chi connectivity index (χ0v) is 7.33. The van der Waals surface area contributed by atoms with Gasteiger partial charge in [-0.3, -0.25) is 9.63 Å². The van der Waals surface area contributed by atoms with Crippen LogP contribution in [0.5, 0.6) is 0 Å². The molecule has 0 aromatic rings. The average Bonchev–Trinajstić information content (AvgIpc) is 2.03. The van der Waals surface area contributed by atoms with Gasteiger partial charge in [-0.25, -0.2) is 5.06 Å². The molecule has 0 spiro atoms. The molecule has 0 atom stereocenters. The number of likely N-dealkylation sites (N-methyl/N-ethyl adjacent to an activating group) is 1. The van der Waals surface area contributed by atoms with E-state index in [9.17, 15) is 4.79 Å². The minimum atomic E-state index is -0.124. The highest BCUT2D eigenvalue weighted by Gasteiger charge is 2.00. The first kappa shape index (κ1) is 10.2. The number of allylic oxidation sites excluding steroid dienone is 1. The molecule has 0 fully saturated rings. The van der Waals surface area contributed by atoms with Crippen LogP contribution in [0.4, 0.5) is 0 Å². The van der Waals surface area contributed by atoms with Crippen LogP contribution in [0.3, 0.4) is 0 Å². The van der Waals surface area contributed by atoms with Crippen molar-refractivity contribution in [3.05, 3.63) is 12.2 Å². The summed E-state index contributed by atoms with van der Waals surface area (Å²) >= 11 is 0. The van der Waals surface area contributed by atoms with Crippen LogP contribution in [0.25, 0.3) is 0 Å². The maximum Gasteiger partial charge on any atom is 0.269 e. The van der Waals surface area contributed by atoms with Crippen LogP contribution in [-0.2, 0) is 9.63 Å². The van der Waals surface area contributed by atoms with Crippen molar-refractivity contribution in [1.29, 1.82) is 0 Å². The standard InChI is InChI=1S/C8H15NO2/c1-4-5-6-7-8(10)9(2)11-3/h6-7H,4-5H2,1-3H3/b7-6+. The molecule has 0 aliphatic carbocycles. The van der Waals surface area contributed by atoms with Crippen LogP contribution in [-0.4, -0.2) is 25.1 Å². The first-order chi connectivity index (χ1) is 5.22. The molecule has 3 heteroatoms. The van der Waals surface area contributed by atoms with E-state index in [1.54, 1.807) is 7.05 Å². The van der Waals surface area contributed by atoms with Gasteiger partial charge in [0.25, 0.3) is 5.91 Å². The Morgan fingerprint density at radius 3 is 2.73 bits per heavy atom. The highest BCUT2D eigenvalue weighted by atomic mass is 16.7. The summed E-state index contributed by atoms with van der Waals surface area (Å²) in [7, 11) is 3.05. The molecule has 64 valence electrons. The Bertz CT molecular complexity index is 143. The van der Waals surface area contributed by atoms with Crippen molar-refractivity contribution in [3.8, 4) is 0 Å². The lowest BCUT2D eigenvalue weighted by atomic mass is 10.3. The van der Waals surface area contributed by atoms with Crippen LogP contribution in [0.15, 0.2) is 12.2 Å². The third-order valence-corrected chi connectivity index (χ3v) is 1.30. The summed E-state index contributed by atoms with van der Waals surface area (Å²) in [6, 6.07) is 0. The van der Waals surface area contributed by atoms with Crippen LogP contribution in [0.1, 0.15) is 19.8 Å². The number of carbonyl (C=O) groups excluding carboxylic acids is 1. The predicted octanol–water partition coefficient (Wildman–Crippen LogP) is 1.36. The molecule has 0 bridgehead atoms. The Morgan fingerprint density at radius 2 is 2.27 bits per heavy atom.